The van der Waals surface area contributed by atoms with Gasteiger partial charge in [-0.05, 0) is 49.4 Å². The van der Waals surface area contributed by atoms with Gasteiger partial charge in [0.2, 0.25) is 5.91 Å². The molecule has 3 aromatic carbocycles. The zero-order valence-electron chi connectivity index (χ0n) is 26.2. The summed E-state index contributed by atoms with van der Waals surface area (Å²) in [7, 11) is 3.30. The van der Waals surface area contributed by atoms with Gasteiger partial charge in [-0.1, -0.05) is 55.0 Å². The first kappa shape index (κ1) is 33.3. The summed E-state index contributed by atoms with van der Waals surface area (Å²) in [6.07, 6.45) is 4.08. The second-order valence-corrected chi connectivity index (χ2v) is 11.3. The molecule has 1 saturated heterocycles. The number of rotatable bonds is 15. The molecular formula is C35H44N4O6. The number of anilines is 2. The van der Waals surface area contributed by atoms with Gasteiger partial charge in [-0.3, -0.25) is 10.1 Å². The van der Waals surface area contributed by atoms with Crippen molar-refractivity contribution in [2.75, 3.05) is 57.5 Å². The van der Waals surface area contributed by atoms with Crippen LogP contribution >= 0.6 is 0 Å². The number of unbranched alkanes of at least 4 members (excludes halogenated alkanes) is 2. The number of carboxylic acid groups (broad SMARTS) is 1. The number of hydrogen-bond acceptors (Lipinski definition) is 7. The highest BCUT2D eigenvalue weighted by molar-refractivity contribution is 5.92. The van der Waals surface area contributed by atoms with Crippen molar-refractivity contribution in [2.45, 2.75) is 44.6 Å². The first-order valence-electron chi connectivity index (χ1n) is 15.6. The van der Waals surface area contributed by atoms with Crippen LogP contribution in [0.4, 0.5) is 16.2 Å². The fourth-order valence-electron chi connectivity index (χ4n) is 5.40. The largest absolute Gasteiger partial charge is 0.496 e. The van der Waals surface area contributed by atoms with Gasteiger partial charge in [-0.25, -0.2) is 9.59 Å². The summed E-state index contributed by atoms with van der Waals surface area (Å²) in [5, 5.41) is 15.4. The van der Waals surface area contributed by atoms with E-state index in [1.807, 2.05) is 61.6 Å². The summed E-state index contributed by atoms with van der Waals surface area (Å²) >= 11 is 0. The molecule has 1 aliphatic rings. The van der Waals surface area contributed by atoms with Gasteiger partial charge in [0, 0.05) is 63.5 Å². The van der Waals surface area contributed by atoms with Gasteiger partial charge < -0.3 is 29.7 Å². The Kier molecular flexibility index (Phi) is 12.6. The van der Waals surface area contributed by atoms with Crippen LogP contribution in [0.3, 0.4) is 0 Å². The molecule has 1 heterocycles. The molecule has 4 rings (SSSR count). The number of hydrogen-bond donors (Lipinski definition) is 3. The third kappa shape index (κ3) is 10.2. The van der Waals surface area contributed by atoms with E-state index in [4.69, 9.17) is 9.47 Å². The zero-order chi connectivity index (χ0) is 32.0. The molecule has 0 atom stereocenters. The quantitative estimate of drug-likeness (QED) is 0.173. The molecular weight excluding hydrogens is 572 g/mol. The van der Waals surface area contributed by atoms with Crippen LogP contribution in [0, 0.1) is 0 Å². The standard InChI is InChI=1S/C35H44N4O6/c1-38(33(40)15-7-4-10-20-36-27-16-17-30(34(41)42)32(25-27)44-2)23-24-39-21-18-28(19-22-39)45-35(43)37-31-14-9-8-13-29(31)26-11-5-3-6-12-26/h3,5-6,8-9,11-14,16-17,25,28,36H,4,7,10,15,18-24H2,1-2H3,(H,37,43)(H,41,42). The van der Waals surface area contributed by atoms with Crippen LogP contribution in [-0.2, 0) is 9.53 Å². The number of methoxy groups -OCH3 is 1. The number of benzene rings is 3. The van der Waals surface area contributed by atoms with Crippen molar-refractivity contribution in [2.24, 2.45) is 0 Å². The summed E-state index contributed by atoms with van der Waals surface area (Å²) in [6, 6.07) is 22.6. The molecule has 0 aliphatic carbocycles. The number of likely N-dealkylation sites (N-methyl/N-ethyl adjacent to an activating group) is 1. The van der Waals surface area contributed by atoms with Crippen LogP contribution in [0.15, 0.2) is 72.8 Å². The number of ether oxygens (including phenoxy) is 2. The monoisotopic (exact) mass is 616 g/mol. The molecule has 0 unspecified atom stereocenters. The lowest BCUT2D eigenvalue weighted by atomic mass is 10.0. The van der Waals surface area contributed by atoms with Crippen LogP contribution in [0.1, 0.15) is 48.9 Å². The number of carbonyl (C=O) groups excluding carboxylic acids is 2. The normalized spacial score (nSPS) is 13.6. The van der Waals surface area contributed by atoms with Crippen molar-refractivity contribution in [1.29, 1.82) is 0 Å². The van der Waals surface area contributed by atoms with E-state index >= 15 is 0 Å². The van der Waals surface area contributed by atoms with Crippen molar-refractivity contribution >= 4 is 29.3 Å². The number of amides is 2. The van der Waals surface area contributed by atoms with Gasteiger partial charge in [-0.15, -0.1) is 0 Å². The minimum Gasteiger partial charge on any atom is -0.496 e. The third-order valence-electron chi connectivity index (χ3n) is 8.06. The molecule has 1 aliphatic heterocycles. The van der Waals surface area contributed by atoms with Crippen LogP contribution < -0.4 is 15.4 Å². The average molecular weight is 617 g/mol. The van der Waals surface area contributed by atoms with E-state index in [0.29, 0.717) is 18.7 Å². The molecule has 3 aromatic rings. The first-order chi connectivity index (χ1) is 21.8. The van der Waals surface area contributed by atoms with E-state index in [0.717, 1.165) is 80.8 Å². The van der Waals surface area contributed by atoms with Crippen molar-refractivity contribution in [3.63, 3.8) is 0 Å². The van der Waals surface area contributed by atoms with Gasteiger partial charge >= 0.3 is 12.1 Å². The predicted molar refractivity (Wildman–Crippen MR) is 176 cm³/mol. The molecule has 240 valence electrons. The Bertz CT molecular complexity index is 1410. The lowest BCUT2D eigenvalue weighted by Gasteiger charge is -2.32. The third-order valence-corrected chi connectivity index (χ3v) is 8.06. The Hall–Kier alpha value is -4.57. The zero-order valence-corrected chi connectivity index (χ0v) is 26.2. The van der Waals surface area contributed by atoms with Crippen LogP contribution in [0.2, 0.25) is 0 Å². The molecule has 45 heavy (non-hydrogen) atoms. The highest BCUT2D eigenvalue weighted by Gasteiger charge is 2.23. The maximum absolute atomic E-state index is 12.7. The smallest absolute Gasteiger partial charge is 0.411 e. The van der Waals surface area contributed by atoms with Gasteiger partial charge in [-0.2, -0.15) is 0 Å². The number of likely N-dealkylation sites (tertiary alicyclic amines) is 1. The molecule has 2 amide bonds. The van der Waals surface area contributed by atoms with E-state index in [2.05, 4.69) is 15.5 Å². The highest BCUT2D eigenvalue weighted by Crippen LogP contribution is 2.28. The molecule has 0 aromatic heterocycles. The van der Waals surface area contributed by atoms with Gasteiger partial charge in [0.1, 0.15) is 17.4 Å². The average Bonchev–Trinajstić information content (AvgIpc) is 3.06. The fraction of sp³-hybridized carbons (Fsp3) is 0.400. The number of nitrogens with zero attached hydrogens (tertiary/aromatic N) is 2. The predicted octanol–water partition coefficient (Wildman–Crippen LogP) is 6.20. The Morgan fingerprint density at radius 2 is 1.69 bits per heavy atom. The van der Waals surface area contributed by atoms with E-state index in [1.165, 1.54) is 13.2 Å². The SMILES string of the molecule is COc1cc(NCCCCCC(=O)N(C)CCN2CCC(OC(=O)Nc3ccccc3-c3ccccc3)CC2)ccc1C(=O)O. The second kappa shape index (κ2) is 17.1. The minimum atomic E-state index is -1.02. The van der Waals surface area contributed by atoms with Crippen LogP contribution in [-0.4, -0.2) is 85.9 Å². The molecule has 10 heteroatoms. The van der Waals surface area contributed by atoms with Crippen molar-refractivity contribution in [3.05, 3.63) is 78.4 Å². The summed E-state index contributed by atoms with van der Waals surface area (Å²) in [5.41, 5.74) is 3.63. The van der Waals surface area contributed by atoms with Crippen molar-refractivity contribution in [1.82, 2.24) is 9.80 Å². The molecule has 0 spiro atoms. The summed E-state index contributed by atoms with van der Waals surface area (Å²) in [6.45, 7) is 3.81. The molecule has 3 N–H and O–H groups in total. The van der Waals surface area contributed by atoms with Crippen LogP contribution in [0.25, 0.3) is 11.1 Å². The number of para-hydroxylation sites is 1. The second-order valence-electron chi connectivity index (χ2n) is 11.3. The number of carbonyl (C=O) groups is 3. The van der Waals surface area contributed by atoms with Gasteiger partial charge in [0.05, 0.1) is 12.8 Å². The Morgan fingerprint density at radius 3 is 2.42 bits per heavy atom. The Labute approximate surface area is 265 Å². The lowest BCUT2D eigenvalue weighted by Crippen LogP contribution is -2.42. The van der Waals surface area contributed by atoms with Crippen LogP contribution in [0.5, 0.6) is 5.75 Å². The van der Waals surface area contributed by atoms with E-state index in [1.54, 1.807) is 17.0 Å². The Balaban J connectivity index is 1.07. The highest BCUT2D eigenvalue weighted by atomic mass is 16.6. The van der Waals surface area contributed by atoms with E-state index in [-0.39, 0.29) is 17.6 Å². The summed E-state index contributed by atoms with van der Waals surface area (Å²) < 4.78 is 10.9. The van der Waals surface area contributed by atoms with E-state index < -0.39 is 12.1 Å². The molecule has 0 bridgehead atoms. The first-order valence-corrected chi connectivity index (χ1v) is 15.6. The molecule has 0 radical (unpaired) electrons. The molecule has 0 saturated carbocycles. The lowest BCUT2D eigenvalue weighted by molar-refractivity contribution is -0.130. The van der Waals surface area contributed by atoms with E-state index in [9.17, 15) is 19.5 Å². The topological polar surface area (TPSA) is 120 Å². The summed E-state index contributed by atoms with van der Waals surface area (Å²) in [5.74, 6) is -0.559. The molecule has 10 nitrogen and oxygen atoms in total. The molecule has 1 fully saturated rings. The maximum atomic E-state index is 12.7. The maximum Gasteiger partial charge on any atom is 0.411 e. The van der Waals surface area contributed by atoms with Crippen molar-refractivity contribution in [3.8, 4) is 16.9 Å². The summed E-state index contributed by atoms with van der Waals surface area (Å²) in [4.78, 5) is 40.7. The number of carboxylic acids is 1. The van der Waals surface area contributed by atoms with Gasteiger partial charge in [0.15, 0.2) is 0 Å². The fourth-order valence-corrected chi connectivity index (χ4v) is 5.40. The van der Waals surface area contributed by atoms with Gasteiger partial charge in [0.25, 0.3) is 0 Å². The number of nitrogens with one attached hydrogen (secondary N) is 2. The Morgan fingerprint density at radius 1 is 0.956 bits per heavy atom. The minimum absolute atomic E-state index is 0.130. The van der Waals surface area contributed by atoms with Crippen molar-refractivity contribution < 1.29 is 29.0 Å². The number of aromatic carboxylic acids is 1. The number of piperidine rings is 1.